The Hall–Kier alpha value is -1.16. The standard InChI is InChI=1S/C13H13BrFNO/c1-9-3-2-6-16(8-9)13(17)11-5-4-10(14)7-12(11)15/h3-5,7H,2,6,8H2,1H3. The minimum atomic E-state index is -0.475. The number of halogens is 2. The van der Waals surface area contributed by atoms with Crippen LogP contribution in [-0.2, 0) is 0 Å². The van der Waals surface area contributed by atoms with Crippen molar-refractivity contribution in [3.63, 3.8) is 0 Å². The number of hydrogen-bond acceptors (Lipinski definition) is 1. The van der Waals surface area contributed by atoms with Gasteiger partial charge in [0.1, 0.15) is 5.82 Å². The highest BCUT2D eigenvalue weighted by molar-refractivity contribution is 9.10. The molecule has 0 spiro atoms. The van der Waals surface area contributed by atoms with E-state index < -0.39 is 5.82 Å². The maximum Gasteiger partial charge on any atom is 0.257 e. The van der Waals surface area contributed by atoms with E-state index in [0.29, 0.717) is 17.6 Å². The summed E-state index contributed by atoms with van der Waals surface area (Å²) in [4.78, 5) is 13.8. The SMILES string of the molecule is CC1=CCCN(C(=O)c2ccc(Br)cc2F)C1. The predicted octanol–water partition coefficient (Wildman–Crippen LogP) is 3.38. The summed E-state index contributed by atoms with van der Waals surface area (Å²) in [6.45, 7) is 3.23. The average Bonchev–Trinajstić information content (AvgIpc) is 2.28. The lowest BCUT2D eigenvalue weighted by Gasteiger charge is -2.26. The number of benzene rings is 1. The van der Waals surface area contributed by atoms with Gasteiger partial charge in [-0.1, -0.05) is 27.6 Å². The van der Waals surface area contributed by atoms with Gasteiger partial charge < -0.3 is 4.90 Å². The summed E-state index contributed by atoms with van der Waals surface area (Å²) >= 11 is 3.18. The Kier molecular flexibility index (Phi) is 3.62. The minimum absolute atomic E-state index is 0.142. The van der Waals surface area contributed by atoms with Crippen molar-refractivity contribution < 1.29 is 9.18 Å². The van der Waals surface area contributed by atoms with Gasteiger partial charge in [0.05, 0.1) is 5.56 Å². The first-order valence-corrected chi connectivity index (χ1v) is 6.27. The molecule has 1 aromatic rings. The van der Waals surface area contributed by atoms with Crippen LogP contribution < -0.4 is 0 Å². The zero-order valence-electron chi connectivity index (χ0n) is 9.54. The Morgan fingerprint density at radius 2 is 2.24 bits per heavy atom. The fraction of sp³-hybridized carbons (Fsp3) is 0.308. The van der Waals surface area contributed by atoms with Gasteiger partial charge in [-0.2, -0.15) is 0 Å². The van der Waals surface area contributed by atoms with Gasteiger partial charge in [-0.15, -0.1) is 0 Å². The number of rotatable bonds is 1. The molecule has 1 aliphatic heterocycles. The average molecular weight is 298 g/mol. The first-order valence-electron chi connectivity index (χ1n) is 5.48. The molecule has 2 rings (SSSR count). The summed E-state index contributed by atoms with van der Waals surface area (Å²) in [6, 6.07) is 4.53. The third-order valence-corrected chi connectivity index (χ3v) is 3.27. The molecule has 2 nitrogen and oxygen atoms in total. The Labute approximate surface area is 108 Å². The van der Waals surface area contributed by atoms with Crippen molar-refractivity contribution in [3.8, 4) is 0 Å². The highest BCUT2D eigenvalue weighted by Gasteiger charge is 2.20. The predicted molar refractivity (Wildman–Crippen MR) is 68.4 cm³/mol. The molecule has 0 fully saturated rings. The molecule has 1 aromatic carbocycles. The summed E-state index contributed by atoms with van der Waals surface area (Å²) in [6.07, 6.45) is 2.96. The fourth-order valence-corrected chi connectivity index (χ4v) is 2.25. The Bertz CT molecular complexity index is 484. The fourth-order valence-electron chi connectivity index (χ4n) is 1.92. The van der Waals surface area contributed by atoms with Crippen molar-refractivity contribution in [1.29, 1.82) is 0 Å². The van der Waals surface area contributed by atoms with Crippen LogP contribution in [-0.4, -0.2) is 23.9 Å². The van der Waals surface area contributed by atoms with Crippen LogP contribution >= 0.6 is 15.9 Å². The van der Waals surface area contributed by atoms with E-state index in [9.17, 15) is 9.18 Å². The molecule has 0 N–H and O–H groups in total. The first kappa shape index (κ1) is 12.3. The van der Waals surface area contributed by atoms with Crippen molar-refractivity contribution in [1.82, 2.24) is 4.90 Å². The van der Waals surface area contributed by atoms with Gasteiger partial charge in [0.25, 0.3) is 5.91 Å². The van der Waals surface area contributed by atoms with E-state index in [4.69, 9.17) is 0 Å². The van der Waals surface area contributed by atoms with Crippen LogP contribution in [0.4, 0.5) is 4.39 Å². The zero-order valence-corrected chi connectivity index (χ0v) is 11.1. The minimum Gasteiger partial charge on any atom is -0.334 e. The van der Waals surface area contributed by atoms with E-state index in [1.165, 1.54) is 12.1 Å². The molecular weight excluding hydrogens is 285 g/mol. The highest BCUT2D eigenvalue weighted by atomic mass is 79.9. The van der Waals surface area contributed by atoms with E-state index in [0.717, 1.165) is 12.0 Å². The Morgan fingerprint density at radius 1 is 1.47 bits per heavy atom. The van der Waals surface area contributed by atoms with Gasteiger partial charge in [-0.05, 0) is 31.5 Å². The van der Waals surface area contributed by atoms with Crippen LogP contribution in [0.3, 0.4) is 0 Å². The summed E-state index contributed by atoms with van der Waals surface area (Å²) in [5, 5.41) is 0. The van der Waals surface area contributed by atoms with Crippen LogP contribution in [0.1, 0.15) is 23.7 Å². The highest BCUT2D eigenvalue weighted by Crippen LogP contribution is 2.19. The van der Waals surface area contributed by atoms with Crippen LogP contribution in [0, 0.1) is 5.82 Å². The molecule has 0 aliphatic carbocycles. The second-order valence-electron chi connectivity index (χ2n) is 4.19. The number of carbonyl (C=O) groups is 1. The molecule has 1 aliphatic rings. The van der Waals surface area contributed by atoms with E-state index in [-0.39, 0.29) is 11.5 Å². The summed E-state index contributed by atoms with van der Waals surface area (Å²) in [7, 11) is 0. The van der Waals surface area contributed by atoms with E-state index in [2.05, 4.69) is 22.0 Å². The molecule has 0 bridgehead atoms. The van der Waals surface area contributed by atoms with Crippen molar-refractivity contribution >= 4 is 21.8 Å². The van der Waals surface area contributed by atoms with Crippen LogP contribution in [0.25, 0.3) is 0 Å². The smallest absolute Gasteiger partial charge is 0.257 e. The number of nitrogens with zero attached hydrogens (tertiary/aromatic N) is 1. The van der Waals surface area contributed by atoms with Crippen molar-refractivity contribution in [2.24, 2.45) is 0 Å². The molecule has 0 unspecified atom stereocenters. The number of hydrogen-bond donors (Lipinski definition) is 0. The summed E-state index contributed by atoms with van der Waals surface area (Å²) < 4.78 is 14.3. The van der Waals surface area contributed by atoms with E-state index in [1.54, 1.807) is 11.0 Å². The molecule has 0 saturated carbocycles. The molecule has 90 valence electrons. The van der Waals surface area contributed by atoms with Gasteiger partial charge in [-0.3, -0.25) is 4.79 Å². The molecule has 1 amide bonds. The largest absolute Gasteiger partial charge is 0.334 e. The zero-order chi connectivity index (χ0) is 12.4. The van der Waals surface area contributed by atoms with Gasteiger partial charge in [-0.25, -0.2) is 4.39 Å². The Morgan fingerprint density at radius 3 is 2.88 bits per heavy atom. The monoisotopic (exact) mass is 297 g/mol. The summed E-state index contributed by atoms with van der Waals surface area (Å²) in [5.74, 6) is -0.709. The third kappa shape index (κ3) is 2.75. The third-order valence-electron chi connectivity index (χ3n) is 2.78. The lowest BCUT2D eigenvalue weighted by Crippen LogP contribution is -2.35. The lowest BCUT2D eigenvalue weighted by molar-refractivity contribution is 0.0761. The maximum atomic E-state index is 13.7. The van der Waals surface area contributed by atoms with Crippen LogP contribution in [0.15, 0.2) is 34.3 Å². The van der Waals surface area contributed by atoms with Crippen LogP contribution in [0.5, 0.6) is 0 Å². The molecule has 4 heteroatoms. The number of amides is 1. The van der Waals surface area contributed by atoms with Gasteiger partial charge in [0.15, 0.2) is 0 Å². The molecule has 0 aromatic heterocycles. The molecule has 17 heavy (non-hydrogen) atoms. The molecular formula is C13H13BrFNO. The van der Waals surface area contributed by atoms with Gasteiger partial charge in [0, 0.05) is 17.6 Å². The molecule has 0 saturated heterocycles. The first-order chi connectivity index (χ1) is 8.08. The van der Waals surface area contributed by atoms with Crippen LogP contribution in [0.2, 0.25) is 0 Å². The van der Waals surface area contributed by atoms with Crippen molar-refractivity contribution in [2.75, 3.05) is 13.1 Å². The maximum absolute atomic E-state index is 13.7. The normalized spacial score (nSPS) is 15.7. The van der Waals surface area contributed by atoms with E-state index in [1.807, 2.05) is 6.92 Å². The summed E-state index contributed by atoms with van der Waals surface area (Å²) in [5.41, 5.74) is 1.30. The molecule has 0 radical (unpaired) electrons. The number of carbonyl (C=O) groups excluding carboxylic acids is 1. The quantitative estimate of drug-likeness (QED) is 0.728. The second kappa shape index (κ2) is 5.00. The molecule has 1 heterocycles. The van der Waals surface area contributed by atoms with Gasteiger partial charge in [0.2, 0.25) is 0 Å². The van der Waals surface area contributed by atoms with Crippen molar-refractivity contribution in [3.05, 3.63) is 45.7 Å². The molecule has 0 atom stereocenters. The Balaban J connectivity index is 2.22. The van der Waals surface area contributed by atoms with Crippen molar-refractivity contribution in [2.45, 2.75) is 13.3 Å². The topological polar surface area (TPSA) is 20.3 Å². The lowest BCUT2D eigenvalue weighted by atomic mass is 10.1. The van der Waals surface area contributed by atoms with Gasteiger partial charge >= 0.3 is 0 Å². The second-order valence-corrected chi connectivity index (χ2v) is 5.11. The van der Waals surface area contributed by atoms with E-state index >= 15 is 0 Å².